The van der Waals surface area contributed by atoms with Crippen LogP contribution in [-0.2, 0) is 14.3 Å². The third-order valence-electron chi connectivity index (χ3n) is 2.69. The summed E-state index contributed by atoms with van der Waals surface area (Å²) >= 11 is 0. The summed E-state index contributed by atoms with van der Waals surface area (Å²) in [5, 5.41) is 8.60. The van der Waals surface area contributed by atoms with Crippen LogP contribution in [0.1, 0.15) is 39.5 Å². The molecule has 0 amide bonds. The van der Waals surface area contributed by atoms with Gasteiger partial charge in [0.1, 0.15) is 6.10 Å². The normalized spacial score (nSPS) is 18.4. The van der Waals surface area contributed by atoms with Crippen molar-refractivity contribution in [1.82, 2.24) is 0 Å². The summed E-state index contributed by atoms with van der Waals surface area (Å²) in [6, 6.07) is 0. The van der Waals surface area contributed by atoms with Gasteiger partial charge in [0.2, 0.25) is 0 Å². The lowest BCUT2D eigenvalue weighted by Gasteiger charge is -2.06. The van der Waals surface area contributed by atoms with Crippen molar-refractivity contribution in [1.29, 1.82) is 0 Å². The number of rotatable bonds is 9. The van der Waals surface area contributed by atoms with Gasteiger partial charge in [0.05, 0.1) is 25.7 Å². The van der Waals surface area contributed by atoms with Crippen LogP contribution in [-0.4, -0.2) is 37.0 Å². The van der Waals surface area contributed by atoms with E-state index in [1.54, 1.807) is 6.08 Å². The minimum Gasteiger partial charge on any atom is -0.481 e. The zero-order valence-electron chi connectivity index (χ0n) is 11.6. The largest absolute Gasteiger partial charge is 0.481 e. The van der Waals surface area contributed by atoms with Gasteiger partial charge in [-0.05, 0) is 12.8 Å². The molecule has 1 heterocycles. The van der Waals surface area contributed by atoms with Gasteiger partial charge in [-0.3, -0.25) is 4.79 Å². The summed E-state index contributed by atoms with van der Waals surface area (Å²) in [7, 11) is 0. The maximum Gasteiger partial charge on any atom is 0.306 e. The third-order valence-corrected chi connectivity index (χ3v) is 2.69. The monoisotopic (exact) mass is 258 g/mol. The number of hydrogen-bond acceptors (Lipinski definition) is 3. The van der Waals surface area contributed by atoms with Crippen LogP contribution in [0.15, 0.2) is 12.7 Å². The Labute approximate surface area is 110 Å². The zero-order chi connectivity index (χ0) is 13.8. The SMILES string of the molecule is C=CCOCC1CO1.CCCCC(CC)C(=O)O. The molecule has 18 heavy (non-hydrogen) atoms. The average Bonchev–Trinajstić information content (AvgIpc) is 3.15. The molecule has 0 bridgehead atoms. The highest BCUT2D eigenvalue weighted by Gasteiger charge is 2.21. The lowest BCUT2D eigenvalue weighted by atomic mass is 10.00. The number of epoxide rings is 1. The van der Waals surface area contributed by atoms with E-state index in [0.29, 0.717) is 12.7 Å². The number of carboxylic acid groups (broad SMARTS) is 1. The van der Waals surface area contributed by atoms with Gasteiger partial charge in [-0.1, -0.05) is 32.8 Å². The maximum absolute atomic E-state index is 10.4. The molecule has 0 aromatic carbocycles. The fourth-order valence-electron chi connectivity index (χ4n) is 1.40. The van der Waals surface area contributed by atoms with E-state index in [9.17, 15) is 4.79 Å². The summed E-state index contributed by atoms with van der Waals surface area (Å²) in [5.74, 6) is -0.754. The predicted octanol–water partition coefficient (Wildman–Crippen LogP) is 2.88. The van der Waals surface area contributed by atoms with Crippen LogP contribution in [0.5, 0.6) is 0 Å². The lowest BCUT2D eigenvalue weighted by molar-refractivity contribution is -0.142. The van der Waals surface area contributed by atoms with Crippen molar-refractivity contribution in [2.24, 2.45) is 5.92 Å². The van der Waals surface area contributed by atoms with Crippen LogP contribution < -0.4 is 0 Å². The second-order valence-electron chi connectivity index (χ2n) is 4.37. The van der Waals surface area contributed by atoms with Crippen LogP contribution in [0, 0.1) is 5.92 Å². The molecular formula is C14H26O4. The van der Waals surface area contributed by atoms with Gasteiger partial charge in [0.15, 0.2) is 0 Å². The molecule has 0 saturated carbocycles. The van der Waals surface area contributed by atoms with E-state index in [1.165, 1.54) is 0 Å². The van der Waals surface area contributed by atoms with Crippen molar-refractivity contribution in [2.45, 2.75) is 45.6 Å². The second kappa shape index (κ2) is 11.2. The van der Waals surface area contributed by atoms with Gasteiger partial charge in [-0.15, -0.1) is 6.58 Å². The standard InChI is InChI=1S/C8H16O2.C6H10O2/c1-3-5-6-7(4-2)8(9)10;1-2-3-7-4-6-5-8-6/h7H,3-6H2,1-2H3,(H,9,10);2,6H,1,3-5H2. The smallest absolute Gasteiger partial charge is 0.306 e. The fraction of sp³-hybridized carbons (Fsp3) is 0.786. The molecule has 4 nitrogen and oxygen atoms in total. The number of unbranched alkanes of at least 4 members (excludes halogenated alkanes) is 1. The first-order chi connectivity index (χ1) is 8.65. The second-order valence-corrected chi connectivity index (χ2v) is 4.37. The van der Waals surface area contributed by atoms with Gasteiger partial charge in [-0.2, -0.15) is 0 Å². The molecule has 0 spiro atoms. The lowest BCUT2D eigenvalue weighted by Crippen LogP contribution is -2.11. The van der Waals surface area contributed by atoms with Crippen LogP contribution in [0.25, 0.3) is 0 Å². The average molecular weight is 258 g/mol. The Morgan fingerprint density at radius 3 is 2.67 bits per heavy atom. The number of aliphatic carboxylic acids is 1. The number of carbonyl (C=O) groups is 1. The van der Waals surface area contributed by atoms with Crippen molar-refractivity contribution >= 4 is 5.97 Å². The molecule has 4 heteroatoms. The number of ether oxygens (including phenoxy) is 2. The first-order valence-electron chi connectivity index (χ1n) is 6.68. The molecule has 1 aliphatic heterocycles. The molecule has 2 unspecified atom stereocenters. The summed E-state index contributed by atoms with van der Waals surface area (Å²) in [6.45, 7) is 9.75. The zero-order valence-corrected chi connectivity index (χ0v) is 11.6. The molecule has 0 aromatic rings. The highest BCUT2D eigenvalue weighted by atomic mass is 16.6. The highest BCUT2D eigenvalue weighted by molar-refractivity contribution is 5.69. The molecule has 1 fully saturated rings. The first kappa shape index (κ1) is 17.1. The van der Waals surface area contributed by atoms with E-state index < -0.39 is 5.97 Å². The fourth-order valence-corrected chi connectivity index (χ4v) is 1.40. The van der Waals surface area contributed by atoms with E-state index in [1.807, 2.05) is 6.92 Å². The van der Waals surface area contributed by atoms with E-state index in [-0.39, 0.29) is 5.92 Å². The van der Waals surface area contributed by atoms with E-state index >= 15 is 0 Å². The Balaban J connectivity index is 0.000000327. The quantitative estimate of drug-likeness (QED) is 0.392. The van der Waals surface area contributed by atoms with Gasteiger partial charge in [0.25, 0.3) is 0 Å². The molecule has 2 atom stereocenters. The summed E-state index contributed by atoms with van der Waals surface area (Å²) in [5.41, 5.74) is 0. The summed E-state index contributed by atoms with van der Waals surface area (Å²) < 4.78 is 9.96. The van der Waals surface area contributed by atoms with E-state index in [0.717, 1.165) is 38.9 Å². The number of carboxylic acids is 1. The van der Waals surface area contributed by atoms with E-state index in [2.05, 4.69) is 13.5 Å². The van der Waals surface area contributed by atoms with Crippen LogP contribution in [0.3, 0.4) is 0 Å². The molecule has 1 N–H and O–H groups in total. The molecular weight excluding hydrogens is 232 g/mol. The molecule has 1 rings (SSSR count). The Morgan fingerprint density at radius 1 is 1.61 bits per heavy atom. The molecule has 1 aliphatic rings. The van der Waals surface area contributed by atoms with Gasteiger partial charge >= 0.3 is 5.97 Å². The Kier molecular flexibility index (Phi) is 10.7. The van der Waals surface area contributed by atoms with Crippen molar-refractivity contribution in [3.05, 3.63) is 12.7 Å². The first-order valence-corrected chi connectivity index (χ1v) is 6.68. The van der Waals surface area contributed by atoms with E-state index in [4.69, 9.17) is 14.6 Å². The highest BCUT2D eigenvalue weighted by Crippen LogP contribution is 2.11. The van der Waals surface area contributed by atoms with Gasteiger partial charge in [0, 0.05) is 0 Å². The third kappa shape index (κ3) is 10.3. The Hall–Kier alpha value is -0.870. The predicted molar refractivity (Wildman–Crippen MR) is 71.7 cm³/mol. The van der Waals surface area contributed by atoms with Gasteiger partial charge < -0.3 is 14.6 Å². The minimum atomic E-state index is -0.643. The maximum atomic E-state index is 10.4. The summed E-state index contributed by atoms with van der Waals surface area (Å²) in [4.78, 5) is 10.4. The molecule has 0 aliphatic carbocycles. The van der Waals surface area contributed by atoms with Crippen molar-refractivity contribution in [3.8, 4) is 0 Å². The topological polar surface area (TPSA) is 59.1 Å². The Morgan fingerprint density at radius 2 is 2.28 bits per heavy atom. The van der Waals surface area contributed by atoms with Crippen molar-refractivity contribution in [3.63, 3.8) is 0 Å². The Bertz CT molecular complexity index is 224. The molecule has 0 aromatic heterocycles. The van der Waals surface area contributed by atoms with Crippen LogP contribution in [0.4, 0.5) is 0 Å². The number of hydrogen-bond donors (Lipinski definition) is 1. The molecule has 1 saturated heterocycles. The van der Waals surface area contributed by atoms with Crippen molar-refractivity contribution < 1.29 is 19.4 Å². The van der Waals surface area contributed by atoms with Crippen LogP contribution in [0.2, 0.25) is 0 Å². The minimum absolute atomic E-state index is 0.111. The molecule has 0 radical (unpaired) electrons. The van der Waals surface area contributed by atoms with Crippen molar-refractivity contribution in [2.75, 3.05) is 19.8 Å². The summed E-state index contributed by atoms with van der Waals surface area (Å²) in [6.07, 6.45) is 5.84. The molecule has 106 valence electrons. The van der Waals surface area contributed by atoms with Crippen LogP contribution >= 0.6 is 0 Å². The van der Waals surface area contributed by atoms with Gasteiger partial charge in [-0.25, -0.2) is 0 Å².